The van der Waals surface area contributed by atoms with Crippen molar-refractivity contribution in [3.8, 4) is 0 Å². The van der Waals surface area contributed by atoms with Gasteiger partial charge in [0.15, 0.2) is 0 Å². The highest BCUT2D eigenvalue weighted by molar-refractivity contribution is 8.00. The Morgan fingerprint density at radius 3 is 2.90 bits per heavy atom. The smallest absolute Gasteiger partial charge is 0.317 e. The highest BCUT2D eigenvalue weighted by Crippen LogP contribution is 2.37. The van der Waals surface area contributed by atoms with Crippen molar-refractivity contribution in [1.82, 2.24) is 10.2 Å². The Bertz CT molecular complexity index is 682. The van der Waals surface area contributed by atoms with Gasteiger partial charge in [-0.2, -0.15) is 11.8 Å². The molecule has 0 aliphatic carbocycles. The number of carbonyl (C=O) groups is 1. The summed E-state index contributed by atoms with van der Waals surface area (Å²) in [6.45, 7) is 1.51. The molecule has 1 N–H and O–H groups in total. The molecule has 0 spiro atoms. The molecule has 3 nitrogen and oxygen atoms in total. The van der Waals surface area contributed by atoms with Crippen molar-refractivity contribution in [3.63, 3.8) is 0 Å². The lowest BCUT2D eigenvalue weighted by atomic mass is 10.0. The van der Waals surface area contributed by atoms with E-state index in [4.69, 9.17) is 0 Å². The summed E-state index contributed by atoms with van der Waals surface area (Å²) in [6.07, 6.45) is 1.17. The molecule has 2 aromatic rings. The molecule has 2 aliphatic rings. The number of nitrogens with one attached hydrogen (secondary N) is 1. The molecule has 2 bridgehead atoms. The van der Waals surface area contributed by atoms with Gasteiger partial charge in [-0.25, -0.2) is 4.79 Å². The number of fused-ring (bicyclic) bond motifs is 3. The molecule has 2 aromatic carbocycles. The zero-order chi connectivity index (χ0) is 14.2. The highest BCUT2D eigenvalue weighted by Gasteiger charge is 2.40. The van der Waals surface area contributed by atoms with E-state index in [0.717, 1.165) is 12.3 Å². The molecule has 2 saturated heterocycles. The van der Waals surface area contributed by atoms with Gasteiger partial charge < -0.3 is 10.2 Å². The van der Waals surface area contributed by atoms with Crippen LogP contribution in [0, 0.1) is 0 Å². The number of nitrogens with zero attached hydrogens (tertiary/aromatic N) is 1. The predicted octanol–water partition coefficient (Wildman–Crippen LogP) is 3.24. The third-order valence-corrected chi connectivity index (χ3v) is 5.86. The van der Waals surface area contributed by atoms with Crippen LogP contribution < -0.4 is 5.32 Å². The van der Waals surface area contributed by atoms with E-state index in [1.54, 1.807) is 0 Å². The van der Waals surface area contributed by atoms with Gasteiger partial charge in [0, 0.05) is 30.1 Å². The molecule has 2 fully saturated rings. The number of benzene rings is 2. The molecule has 0 aromatic heterocycles. The van der Waals surface area contributed by atoms with Gasteiger partial charge in [-0.15, -0.1) is 0 Å². The Balaban J connectivity index is 1.47. The summed E-state index contributed by atoms with van der Waals surface area (Å²) in [5, 5.41) is 6.20. The van der Waals surface area contributed by atoms with Crippen LogP contribution in [0.4, 0.5) is 4.79 Å². The number of hydrogen-bond acceptors (Lipinski definition) is 2. The molecular weight excluding hydrogens is 280 g/mol. The molecule has 4 rings (SSSR count). The molecule has 4 heteroatoms. The molecule has 2 atom stereocenters. The number of urea groups is 1. The molecule has 2 heterocycles. The zero-order valence-corrected chi connectivity index (χ0v) is 12.6. The first kappa shape index (κ1) is 13.0. The maximum Gasteiger partial charge on any atom is 0.317 e. The topological polar surface area (TPSA) is 32.3 Å². The van der Waals surface area contributed by atoms with Gasteiger partial charge in [0.1, 0.15) is 0 Å². The van der Waals surface area contributed by atoms with Gasteiger partial charge >= 0.3 is 6.03 Å². The maximum atomic E-state index is 12.4. The minimum Gasteiger partial charge on any atom is -0.334 e. The lowest BCUT2D eigenvalue weighted by Crippen LogP contribution is -2.45. The van der Waals surface area contributed by atoms with Crippen LogP contribution >= 0.6 is 11.8 Å². The van der Waals surface area contributed by atoms with Crippen LogP contribution in [0.3, 0.4) is 0 Å². The van der Waals surface area contributed by atoms with Crippen LogP contribution in [0.25, 0.3) is 10.8 Å². The van der Waals surface area contributed by atoms with Crippen molar-refractivity contribution in [2.75, 3.05) is 12.3 Å². The average molecular weight is 298 g/mol. The fourth-order valence-electron chi connectivity index (χ4n) is 3.37. The van der Waals surface area contributed by atoms with Crippen molar-refractivity contribution < 1.29 is 4.79 Å². The van der Waals surface area contributed by atoms with E-state index in [2.05, 4.69) is 35.6 Å². The van der Waals surface area contributed by atoms with E-state index in [-0.39, 0.29) is 6.03 Å². The van der Waals surface area contributed by atoms with Crippen LogP contribution in [-0.2, 0) is 6.54 Å². The monoisotopic (exact) mass is 298 g/mol. The van der Waals surface area contributed by atoms with E-state index in [9.17, 15) is 4.79 Å². The quantitative estimate of drug-likeness (QED) is 0.923. The number of likely N-dealkylation sites (tertiary alicyclic amines) is 1. The summed E-state index contributed by atoms with van der Waals surface area (Å²) >= 11 is 2.01. The van der Waals surface area contributed by atoms with E-state index in [1.165, 1.54) is 22.8 Å². The minimum atomic E-state index is 0.0933. The Kier molecular flexibility index (Phi) is 3.26. The SMILES string of the molecule is O=C(NCc1cccc2ccccc12)N1CC2CC1CS2. The Morgan fingerprint density at radius 2 is 2.10 bits per heavy atom. The molecule has 21 heavy (non-hydrogen) atoms. The van der Waals surface area contributed by atoms with Crippen LogP contribution in [-0.4, -0.2) is 34.5 Å². The summed E-state index contributed by atoms with van der Waals surface area (Å²) < 4.78 is 0. The molecule has 108 valence electrons. The van der Waals surface area contributed by atoms with Crippen LogP contribution in [0.1, 0.15) is 12.0 Å². The number of rotatable bonds is 2. The van der Waals surface area contributed by atoms with Gasteiger partial charge in [-0.05, 0) is 22.8 Å². The molecule has 2 unspecified atom stereocenters. The second kappa shape index (κ2) is 5.26. The van der Waals surface area contributed by atoms with Crippen molar-refractivity contribution in [2.24, 2.45) is 0 Å². The third-order valence-electron chi connectivity index (χ3n) is 4.47. The van der Waals surface area contributed by atoms with E-state index < -0.39 is 0 Å². The summed E-state index contributed by atoms with van der Waals surface area (Å²) in [5.41, 5.74) is 1.18. The number of amides is 2. The standard InChI is InChI=1S/C17H18N2OS/c20-17(19-10-15-8-14(19)11-21-15)18-9-13-6-3-5-12-4-1-2-7-16(12)13/h1-7,14-15H,8-11H2,(H,18,20). The minimum absolute atomic E-state index is 0.0933. The Labute approximate surface area is 128 Å². The lowest BCUT2D eigenvalue weighted by Gasteiger charge is -2.26. The van der Waals surface area contributed by atoms with E-state index >= 15 is 0 Å². The number of thioether (sulfide) groups is 1. The zero-order valence-electron chi connectivity index (χ0n) is 11.8. The second-order valence-corrected chi connectivity index (χ2v) is 7.13. The van der Waals surface area contributed by atoms with Crippen molar-refractivity contribution in [2.45, 2.75) is 24.3 Å². The first-order valence-corrected chi connectivity index (χ1v) is 8.49. The number of hydrogen-bond donors (Lipinski definition) is 1. The van der Waals surface area contributed by atoms with Crippen molar-refractivity contribution in [1.29, 1.82) is 0 Å². The number of carbonyl (C=O) groups excluding carboxylic acids is 1. The fourth-order valence-corrected chi connectivity index (χ4v) is 4.80. The first-order chi connectivity index (χ1) is 10.3. The van der Waals surface area contributed by atoms with Crippen LogP contribution in [0.15, 0.2) is 42.5 Å². The summed E-state index contributed by atoms with van der Waals surface area (Å²) in [7, 11) is 0. The van der Waals surface area contributed by atoms with E-state index in [1.807, 2.05) is 28.8 Å². The molecule has 2 amide bonds. The van der Waals surface area contributed by atoms with Gasteiger partial charge in [0.2, 0.25) is 0 Å². The Morgan fingerprint density at radius 1 is 1.24 bits per heavy atom. The normalized spacial score (nSPS) is 23.7. The first-order valence-electron chi connectivity index (χ1n) is 7.44. The van der Waals surface area contributed by atoms with Gasteiger partial charge in [-0.3, -0.25) is 0 Å². The summed E-state index contributed by atoms with van der Waals surface area (Å²) in [5.74, 6) is 1.10. The lowest BCUT2D eigenvalue weighted by molar-refractivity contribution is 0.196. The van der Waals surface area contributed by atoms with E-state index in [0.29, 0.717) is 17.8 Å². The predicted molar refractivity (Wildman–Crippen MR) is 87.5 cm³/mol. The Hall–Kier alpha value is -1.68. The molecule has 2 aliphatic heterocycles. The van der Waals surface area contributed by atoms with Gasteiger partial charge in [-0.1, -0.05) is 42.5 Å². The summed E-state index contributed by atoms with van der Waals surface area (Å²) in [6, 6.07) is 15.1. The maximum absolute atomic E-state index is 12.4. The van der Waals surface area contributed by atoms with Gasteiger partial charge in [0.25, 0.3) is 0 Å². The molecular formula is C17H18N2OS. The molecule has 0 radical (unpaired) electrons. The van der Waals surface area contributed by atoms with Crippen LogP contribution in [0.5, 0.6) is 0 Å². The highest BCUT2D eigenvalue weighted by atomic mass is 32.2. The largest absolute Gasteiger partial charge is 0.334 e. The molecule has 0 saturated carbocycles. The average Bonchev–Trinajstić information content (AvgIpc) is 3.15. The fraction of sp³-hybridized carbons (Fsp3) is 0.353. The van der Waals surface area contributed by atoms with Crippen molar-refractivity contribution >= 4 is 28.6 Å². The van der Waals surface area contributed by atoms with Gasteiger partial charge in [0.05, 0.1) is 0 Å². The third kappa shape index (κ3) is 2.38. The second-order valence-electron chi connectivity index (χ2n) is 5.79. The van der Waals surface area contributed by atoms with Crippen LogP contribution in [0.2, 0.25) is 0 Å². The summed E-state index contributed by atoms with van der Waals surface area (Å²) in [4.78, 5) is 14.4. The van der Waals surface area contributed by atoms with Crippen molar-refractivity contribution in [3.05, 3.63) is 48.0 Å².